The third-order valence-electron chi connectivity index (χ3n) is 6.63. The molecule has 0 bridgehead atoms. The summed E-state index contributed by atoms with van der Waals surface area (Å²) in [6.45, 7) is 11.9. The maximum atomic E-state index is 13.2. The highest BCUT2D eigenvalue weighted by Crippen LogP contribution is 2.27. The quantitative estimate of drug-likeness (QED) is 0.596. The second-order valence-electron chi connectivity index (χ2n) is 8.79. The van der Waals surface area contributed by atoms with Crippen LogP contribution in [0.3, 0.4) is 0 Å². The van der Waals surface area contributed by atoms with Crippen molar-refractivity contribution in [2.75, 3.05) is 51.1 Å². The number of hydrogen-bond acceptors (Lipinski definition) is 3. The van der Waals surface area contributed by atoms with Crippen LogP contribution in [0, 0.1) is 5.92 Å². The second-order valence-corrected chi connectivity index (χ2v) is 9.63. The molecular weight excluding hydrogens is 419 g/mol. The molecule has 1 N–H and O–H groups in total. The molecule has 0 unspecified atom stereocenters. The number of urea groups is 1. The topological polar surface area (TPSA) is 38.8 Å². The van der Waals surface area contributed by atoms with E-state index in [2.05, 4.69) is 29.0 Å². The van der Waals surface area contributed by atoms with Gasteiger partial charge in [0.05, 0.1) is 10.7 Å². The number of amides is 2. The minimum atomic E-state index is -0.0682. The van der Waals surface area contributed by atoms with Gasteiger partial charge in [0.25, 0.3) is 0 Å². The van der Waals surface area contributed by atoms with Crippen LogP contribution in [0.4, 0.5) is 10.5 Å². The number of halogens is 2. The van der Waals surface area contributed by atoms with Crippen molar-refractivity contribution in [2.45, 2.75) is 52.0 Å². The van der Waals surface area contributed by atoms with Gasteiger partial charge in [-0.05, 0) is 82.4 Å². The maximum absolute atomic E-state index is 13.2. The van der Waals surface area contributed by atoms with Gasteiger partial charge < -0.3 is 20.0 Å². The number of piperidine rings is 2. The Morgan fingerprint density at radius 2 is 1.77 bits per heavy atom. The van der Waals surface area contributed by atoms with Crippen molar-refractivity contribution in [1.82, 2.24) is 14.7 Å². The molecule has 5 nitrogen and oxygen atoms in total. The van der Waals surface area contributed by atoms with Crippen molar-refractivity contribution in [2.24, 2.45) is 5.92 Å². The normalized spacial score (nSPS) is 19.7. The first-order chi connectivity index (χ1) is 14.5. The summed E-state index contributed by atoms with van der Waals surface area (Å²) in [5.41, 5.74) is 0.579. The Kier molecular flexibility index (Phi) is 9.12. The molecule has 0 atom stereocenters. The van der Waals surface area contributed by atoms with Crippen LogP contribution in [0.25, 0.3) is 0 Å². The summed E-state index contributed by atoms with van der Waals surface area (Å²) in [6.07, 6.45) is 5.61. The highest BCUT2D eigenvalue weighted by Gasteiger charge is 2.28. The number of carbonyl (C=O) groups is 1. The maximum Gasteiger partial charge on any atom is 0.322 e. The monoisotopic (exact) mass is 454 g/mol. The van der Waals surface area contributed by atoms with Gasteiger partial charge in [0.2, 0.25) is 0 Å². The molecule has 168 valence electrons. The summed E-state index contributed by atoms with van der Waals surface area (Å²) in [6, 6.07) is 5.38. The largest absolute Gasteiger partial charge is 0.322 e. The van der Waals surface area contributed by atoms with Gasteiger partial charge in [-0.2, -0.15) is 0 Å². The molecule has 2 aliphatic rings. The molecule has 0 radical (unpaired) electrons. The highest BCUT2D eigenvalue weighted by molar-refractivity contribution is 6.35. The van der Waals surface area contributed by atoms with E-state index in [9.17, 15) is 4.79 Å². The Morgan fingerprint density at radius 1 is 1.10 bits per heavy atom. The van der Waals surface area contributed by atoms with Gasteiger partial charge in [-0.15, -0.1) is 0 Å². The number of anilines is 1. The number of nitrogens with zero attached hydrogens (tertiary/aromatic N) is 3. The van der Waals surface area contributed by atoms with Crippen molar-refractivity contribution in [1.29, 1.82) is 0 Å². The van der Waals surface area contributed by atoms with Crippen molar-refractivity contribution >= 4 is 34.9 Å². The zero-order chi connectivity index (χ0) is 21.5. The number of hydrogen-bond donors (Lipinski definition) is 1. The summed E-state index contributed by atoms with van der Waals surface area (Å²) in [5, 5.41) is 4.09. The molecule has 2 fully saturated rings. The first kappa shape index (κ1) is 23.6. The third kappa shape index (κ3) is 6.74. The molecule has 3 rings (SSSR count). The fraction of sp³-hybridized carbons (Fsp3) is 0.696. The van der Waals surface area contributed by atoms with Gasteiger partial charge in [0, 0.05) is 30.7 Å². The third-order valence-corrected chi connectivity index (χ3v) is 7.19. The molecule has 0 aliphatic carbocycles. The van der Waals surface area contributed by atoms with Crippen molar-refractivity contribution in [3.63, 3.8) is 0 Å². The first-order valence-corrected chi connectivity index (χ1v) is 12.2. The average Bonchev–Trinajstić information content (AvgIpc) is 2.75. The molecule has 2 aliphatic heterocycles. The Hall–Kier alpha value is -1.01. The molecule has 1 aromatic carbocycles. The molecule has 7 heteroatoms. The molecule has 30 heavy (non-hydrogen) atoms. The van der Waals surface area contributed by atoms with E-state index in [1.807, 2.05) is 4.90 Å². The lowest BCUT2D eigenvalue weighted by molar-refractivity contribution is 0.123. The van der Waals surface area contributed by atoms with Gasteiger partial charge >= 0.3 is 6.03 Å². The van der Waals surface area contributed by atoms with E-state index in [1.54, 1.807) is 18.2 Å². The zero-order valence-corrected chi connectivity index (χ0v) is 19.9. The van der Waals surface area contributed by atoms with E-state index < -0.39 is 0 Å². The van der Waals surface area contributed by atoms with Gasteiger partial charge in [0.1, 0.15) is 0 Å². The lowest BCUT2D eigenvalue weighted by Gasteiger charge is -2.39. The van der Waals surface area contributed by atoms with Crippen LogP contribution in [0.15, 0.2) is 18.2 Å². The lowest BCUT2D eigenvalue weighted by atomic mass is 9.99. The summed E-state index contributed by atoms with van der Waals surface area (Å²) < 4.78 is 0. The second kappa shape index (κ2) is 11.6. The van der Waals surface area contributed by atoms with E-state index >= 15 is 0 Å². The van der Waals surface area contributed by atoms with Crippen LogP contribution >= 0.6 is 23.2 Å². The highest BCUT2D eigenvalue weighted by atomic mass is 35.5. The number of rotatable bonds is 7. The predicted octanol–water partition coefficient (Wildman–Crippen LogP) is 5.43. The molecule has 2 heterocycles. The van der Waals surface area contributed by atoms with E-state index in [0.717, 1.165) is 57.9 Å². The molecule has 2 amide bonds. The van der Waals surface area contributed by atoms with Crippen LogP contribution in [0.2, 0.25) is 10.0 Å². The molecule has 0 aromatic heterocycles. The van der Waals surface area contributed by atoms with Crippen molar-refractivity contribution in [3.8, 4) is 0 Å². The number of likely N-dealkylation sites (tertiary alicyclic amines) is 2. The summed E-state index contributed by atoms with van der Waals surface area (Å²) >= 11 is 12.4. The molecule has 0 saturated carbocycles. The summed E-state index contributed by atoms with van der Waals surface area (Å²) in [4.78, 5) is 20.3. The van der Waals surface area contributed by atoms with Crippen LogP contribution in [-0.2, 0) is 0 Å². The van der Waals surface area contributed by atoms with E-state index in [-0.39, 0.29) is 12.1 Å². The van der Waals surface area contributed by atoms with Gasteiger partial charge in [-0.1, -0.05) is 37.0 Å². The Morgan fingerprint density at radius 3 is 2.43 bits per heavy atom. The molecule has 1 aromatic rings. The standard InChI is InChI=1S/C23H36Cl2N4O/c1-3-27-15-9-20(10-16-27)29(12-4-11-28-13-7-18(2)8-14-28)23(30)26-22-17-19(24)5-6-21(22)25/h5-6,17-18,20H,3-4,7-16H2,1-2H3,(H,26,30). The summed E-state index contributed by atoms with van der Waals surface area (Å²) in [7, 11) is 0. The van der Waals surface area contributed by atoms with Gasteiger partial charge in [-0.3, -0.25) is 0 Å². The fourth-order valence-electron chi connectivity index (χ4n) is 4.53. The van der Waals surface area contributed by atoms with Crippen molar-refractivity contribution in [3.05, 3.63) is 28.2 Å². The van der Waals surface area contributed by atoms with Gasteiger partial charge in [-0.25, -0.2) is 4.79 Å². The predicted molar refractivity (Wildman–Crippen MR) is 127 cm³/mol. The lowest BCUT2D eigenvalue weighted by Crippen LogP contribution is -2.49. The summed E-state index contributed by atoms with van der Waals surface area (Å²) in [5.74, 6) is 0.842. The smallest absolute Gasteiger partial charge is 0.321 e. The first-order valence-electron chi connectivity index (χ1n) is 11.4. The molecule has 0 spiro atoms. The van der Waals surface area contributed by atoms with E-state index in [0.29, 0.717) is 15.7 Å². The van der Waals surface area contributed by atoms with Crippen LogP contribution in [0.1, 0.15) is 46.0 Å². The Balaban J connectivity index is 1.61. The van der Waals surface area contributed by atoms with Crippen molar-refractivity contribution < 1.29 is 4.79 Å². The van der Waals surface area contributed by atoms with E-state index in [1.165, 1.54) is 25.9 Å². The van der Waals surface area contributed by atoms with Crippen LogP contribution < -0.4 is 5.32 Å². The van der Waals surface area contributed by atoms with Crippen LogP contribution in [0.5, 0.6) is 0 Å². The SMILES string of the molecule is CCN1CCC(N(CCCN2CCC(C)CC2)C(=O)Nc2cc(Cl)ccc2Cl)CC1. The van der Waals surface area contributed by atoms with E-state index in [4.69, 9.17) is 23.2 Å². The number of nitrogens with one attached hydrogen (secondary N) is 1. The molecule has 2 saturated heterocycles. The zero-order valence-electron chi connectivity index (χ0n) is 18.4. The van der Waals surface area contributed by atoms with Gasteiger partial charge in [0.15, 0.2) is 0 Å². The average molecular weight is 455 g/mol. The molecular formula is C23H36Cl2N4O. The Labute approximate surface area is 191 Å². The van der Waals surface area contributed by atoms with Crippen LogP contribution in [-0.4, -0.2) is 72.6 Å². The minimum absolute atomic E-state index is 0.0682. The minimum Gasteiger partial charge on any atom is -0.321 e. The Bertz CT molecular complexity index is 686. The number of carbonyl (C=O) groups excluding carboxylic acids is 1. The fourth-order valence-corrected chi connectivity index (χ4v) is 4.86. The number of benzene rings is 1.